The SMILES string of the molecule is CC(=O)OCc1ccccc1COP(N(C(C)C)C(C)C)N(C(C)C)C(C)C. The third-order valence-corrected chi connectivity index (χ3v) is 7.39. The molecule has 28 heavy (non-hydrogen) atoms. The van der Waals surface area contributed by atoms with Gasteiger partial charge in [0.1, 0.15) is 6.61 Å². The zero-order valence-corrected chi connectivity index (χ0v) is 20.0. The molecule has 0 unspecified atom stereocenters. The van der Waals surface area contributed by atoms with Crippen LogP contribution in [0.2, 0.25) is 0 Å². The van der Waals surface area contributed by atoms with Gasteiger partial charge < -0.3 is 9.26 Å². The van der Waals surface area contributed by atoms with Crippen molar-refractivity contribution in [2.24, 2.45) is 0 Å². The first-order chi connectivity index (χ1) is 13.1. The van der Waals surface area contributed by atoms with Gasteiger partial charge in [-0.05, 0) is 66.5 Å². The summed E-state index contributed by atoms with van der Waals surface area (Å²) in [6.07, 6.45) is 0. The van der Waals surface area contributed by atoms with Crippen LogP contribution >= 0.6 is 8.45 Å². The van der Waals surface area contributed by atoms with E-state index in [0.29, 0.717) is 30.8 Å². The van der Waals surface area contributed by atoms with Crippen molar-refractivity contribution >= 4 is 14.4 Å². The molecule has 0 aliphatic carbocycles. The lowest BCUT2D eigenvalue weighted by Gasteiger charge is -2.45. The van der Waals surface area contributed by atoms with Gasteiger partial charge in [0.2, 0.25) is 0 Å². The highest BCUT2D eigenvalue weighted by Crippen LogP contribution is 2.51. The maximum absolute atomic E-state index is 11.2. The minimum atomic E-state index is -0.944. The van der Waals surface area contributed by atoms with Crippen molar-refractivity contribution < 1.29 is 14.1 Å². The van der Waals surface area contributed by atoms with Crippen LogP contribution in [0.1, 0.15) is 73.4 Å². The Hall–Kier alpha value is -1.00. The van der Waals surface area contributed by atoms with Gasteiger partial charge >= 0.3 is 5.97 Å². The zero-order chi connectivity index (χ0) is 21.4. The first-order valence-corrected chi connectivity index (χ1v) is 11.4. The minimum Gasteiger partial charge on any atom is -0.461 e. The fourth-order valence-electron chi connectivity index (χ4n) is 3.38. The second kappa shape index (κ2) is 11.9. The lowest BCUT2D eigenvalue weighted by molar-refractivity contribution is -0.142. The largest absolute Gasteiger partial charge is 0.461 e. The van der Waals surface area contributed by atoms with E-state index in [9.17, 15) is 4.79 Å². The summed E-state index contributed by atoms with van der Waals surface area (Å²) >= 11 is 0. The standard InChI is InChI=1S/C22H39N2O3P/c1-16(2)23(17(3)4)28(24(18(5)6)19(7)8)27-15-22-13-11-10-12-21(22)14-26-20(9)25/h10-13,16-19H,14-15H2,1-9H3. The molecule has 0 saturated heterocycles. The summed E-state index contributed by atoms with van der Waals surface area (Å²) in [5, 5.41) is 0. The van der Waals surface area contributed by atoms with E-state index in [1.54, 1.807) is 0 Å². The maximum atomic E-state index is 11.2. The molecule has 0 radical (unpaired) electrons. The molecule has 0 spiro atoms. The van der Waals surface area contributed by atoms with Crippen LogP contribution in [0.5, 0.6) is 0 Å². The van der Waals surface area contributed by atoms with Crippen molar-refractivity contribution in [2.75, 3.05) is 0 Å². The molecule has 160 valence electrons. The number of nitrogens with zero attached hydrogens (tertiary/aromatic N) is 2. The van der Waals surface area contributed by atoms with Crippen LogP contribution < -0.4 is 0 Å². The number of benzene rings is 1. The lowest BCUT2D eigenvalue weighted by Crippen LogP contribution is -2.43. The lowest BCUT2D eigenvalue weighted by atomic mass is 10.1. The van der Waals surface area contributed by atoms with E-state index in [0.717, 1.165) is 11.1 Å². The molecule has 0 N–H and O–H groups in total. The Morgan fingerprint density at radius 1 is 0.821 bits per heavy atom. The van der Waals surface area contributed by atoms with Gasteiger partial charge in [0, 0.05) is 31.1 Å². The average Bonchev–Trinajstić information content (AvgIpc) is 2.57. The summed E-state index contributed by atoms with van der Waals surface area (Å²) in [5.74, 6) is -0.269. The second-order valence-corrected chi connectivity index (χ2v) is 9.90. The first kappa shape index (κ1) is 25.0. The predicted molar refractivity (Wildman–Crippen MR) is 118 cm³/mol. The highest BCUT2D eigenvalue weighted by Gasteiger charge is 2.34. The molecular formula is C22H39N2O3P. The highest BCUT2D eigenvalue weighted by molar-refractivity contribution is 7.47. The van der Waals surface area contributed by atoms with Crippen molar-refractivity contribution in [3.05, 3.63) is 35.4 Å². The Morgan fingerprint density at radius 3 is 1.57 bits per heavy atom. The number of ether oxygens (including phenoxy) is 1. The molecule has 0 aliphatic heterocycles. The molecule has 1 aromatic carbocycles. The summed E-state index contributed by atoms with van der Waals surface area (Å²) in [7, 11) is -0.944. The van der Waals surface area contributed by atoms with Gasteiger partial charge in [-0.3, -0.25) is 4.79 Å². The van der Waals surface area contributed by atoms with Gasteiger partial charge in [-0.2, -0.15) is 0 Å². The molecule has 0 amide bonds. The van der Waals surface area contributed by atoms with Crippen molar-refractivity contribution in [1.29, 1.82) is 0 Å². The van der Waals surface area contributed by atoms with Gasteiger partial charge in [-0.1, -0.05) is 24.3 Å². The molecule has 0 atom stereocenters. The van der Waals surface area contributed by atoms with Gasteiger partial charge in [0.15, 0.2) is 8.45 Å². The van der Waals surface area contributed by atoms with Crippen molar-refractivity contribution in [2.45, 2.75) is 99.7 Å². The van der Waals surface area contributed by atoms with E-state index >= 15 is 0 Å². The molecule has 0 heterocycles. The van der Waals surface area contributed by atoms with Gasteiger partial charge in [-0.25, -0.2) is 9.34 Å². The van der Waals surface area contributed by atoms with Crippen LogP contribution in [0.25, 0.3) is 0 Å². The topological polar surface area (TPSA) is 42.0 Å². The first-order valence-electron chi connectivity index (χ1n) is 10.3. The molecule has 0 fully saturated rings. The normalized spacial score (nSPS) is 12.4. The Morgan fingerprint density at radius 2 is 1.21 bits per heavy atom. The summed E-state index contributed by atoms with van der Waals surface area (Å²) in [6, 6.07) is 9.53. The molecule has 0 saturated carbocycles. The van der Waals surface area contributed by atoms with Gasteiger partial charge in [0.25, 0.3) is 0 Å². The predicted octanol–water partition coefficient (Wildman–Crippen LogP) is 5.73. The smallest absolute Gasteiger partial charge is 0.302 e. The van der Waals surface area contributed by atoms with E-state index < -0.39 is 8.45 Å². The van der Waals surface area contributed by atoms with Crippen LogP contribution in [-0.2, 0) is 27.3 Å². The monoisotopic (exact) mass is 410 g/mol. The van der Waals surface area contributed by atoms with E-state index in [1.807, 2.05) is 18.2 Å². The molecule has 5 nitrogen and oxygen atoms in total. The fourth-order valence-corrected chi connectivity index (χ4v) is 5.72. The van der Waals surface area contributed by atoms with Crippen LogP contribution in [-0.4, -0.2) is 39.5 Å². The zero-order valence-electron chi connectivity index (χ0n) is 19.1. The third-order valence-electron chi connectivity index (χ3n) is 4.40. The van der Waals surface area contributed by atoms with Crippen LogP contribution in [0.15, 0.2) is 24.3 Å². The van der Waals surface area contributed by atoms with Crippen molar-refractivity contribution in [1.82, 2.24) is 9.34 Å². The summed E-state index contributed by atoms with van der Waals surface area (Å²) in [6.45, 7) is 20.0. The minimum absolute atomic E-state index is 0.269. The van der Waals surface area contributed by atoms with Crippen LogP contribution in [0.4, 0.5) is 0 Å². The number of rotatable bonds is 11. The van der Waals surface area contributed by atoms with Crippen molar-refractivity contribution in [3.8, 4) is 0 Å². The van der Waals surface area contributed by atoms with Crippen LogP contribution in [0, 0.1) is 0 Å². The fraction of sp³-hybridized carbons (Fsp3) is 0.682. The number of esters is 1. The Balaban J connectivity index is 3.12. The Kier molecular flexibility index (Phi) is 10.6. The molecule has 6 heteroatoms. The number of hydrogen-bond acceptors (Lipinski definition) is 5. The third kappa shape index (κ3) is 7.44. The van der Waals surface area contributed by atoms with E-state index in [1.165, 1.54) is 6.92 Å². The highest BCUT2D eigenvalue weighted by atomic mass is 31.2. The van der Waals surface area contributed by atoms with Crippen LogP contribution in [0.3, 0.4) is 0 Å². The molecule has 0 aliphatic rings. The Bertz CT molecular complexity index is 569. The van der Waals surface area contributed by atoms with Gasteiger partial charge in [-0.15, -0.1) is 0 Å². The number of carbonyl (C=O) groups excluding carboxylic acids is 1. The summed E-state index contributed by atoms with van der Waals surface area (Å²) in [4.78, 5) is 11.2. The second-order valence-electron chi connectivity index (χ2n) is 8.21. The molecule has 1 rings (SSSR count). The molecular weight excluding hydrogens is 371 g/mol. The maximum Gasteiger partial charge on any atom is 0.302 e. The van der Waals surface area contributed by atoms with Crippen molar-refractivity contribution in [3.63, 3.8) is 0 Å². The average molecular weight is 411 g/mol. The van der Waals surface area contributed by atoms with E-state index in [-0.39, 0.29) is 12.6 Å². The van der Waals surface area contributed by atoms with E-state index in [4.69, 9.17) is 9.26 Å². The molecule has 0 bridgehead atoms. The quantitative estimate of drug-likeness (QED) is 0.344. The Labute approximate surface area is 173 Å². The number of carbonyl (C=O) groups is 1. The molecule has 0 aromatic heterocycles. The molecule has 1 aromatic rings. The number of hydrogen-bond donors (Lipinski definition) is 0. The summed E-state index contributed by atoms with van der Waals surface area (Å²) in [5.41, 5.74) is 2.06. The summed E-state index contributed by atoms with van der Waals surface area (Å²) < 4.78 is 16.8. The van der Waals surface area contributed by atoms with E-state index in [2.05, 4.69) is 70.8 Å². The van der Waals surface area contributed by atoms with Gasteiger partial charge in [0.05, 0.1) is 6.61 Å².